The van der Waals surface area contributed by atoms with E-state index in [0.29, 0.717) is 27.3 Å². The molecule has 0 radical (unpaired) electrons. The molecule has 2 heterocycles. The highest BCUT2D eigenvalue weighted by molar-refractivity contribution is 7.16. The third-order valence-electron chi connectivity index (χ3n) is 5.05. The predicted molar refractivity (Wildman–Crippen MR) is 113 cm³/mol. The summed E-state index contributed by atoms with van der Waals surface area (Å²) in [6.45, 7) is 2.04. The number of carbonyl (C=O) groups excluding carboxylic acids is 2. The van der Waals surface area contributed by atoms with Crippen molar-refractivity contribution < 1.29 is 23.5 Å². The second kappa shape index (κ2) is 8.31. The fourth-order valence-electron chi connectivity index (χ4n) is 3.63. The van der Waals surface area contributed by atoms with Gasteiger partial charge >= 0.3 is 5.97 Å². The molecule has 2 N–H and O–H groups in total. The molecule has 3 aromatic rings. The van der Waals surface area contributed by atoms with Gasteiger partial charge in [-0.05, 0) is 62.4 Å². The van der Waals surface area contributed by atoms with Crippen molar-refractivity contribution in [3.63, 3.8) is 0 Å². The molecule has 4 rings (SSSR count). The fraction of sp³-hybridized carbons (Fsp3) is 0.318. The third kappa shape index (κ3) is 3.70. The second-order valence-corrected chi connectivity index (χ2v) is 8.04. The highest BCUT2D eigenvalue weighted by Crippen LogP contribution is 2.40. The van der Waals surface area contributed by atoms with Crippen LogP contribution in [0.2, 0.25) is 0 Å². The van der Waals surface area contributed by atoms with Gasteiger partial charge in [0.05, 0.1) is 19.3 Å². The van der Waals surface area contributed by atoms with E-state index in [1.165, 1.54) is 11.3 Å². The summed E-state index contributed by atoms with van der Waals surface area (Å²) in [7, 11) is 1.56. The normalized spacial score (nSPS) is 13.9. The van der Waals surface area contributed by atoms with Crippen LogP contribution in [-0.4, -0.2) is 25.6 Å². The van der Waals surface area contributed by atoms with Crippen LogP contribution in [0.3, 0.4) is 0 Å². The first kappa shape index (κ1) is 20.2. The third-order valence-corrected chi connectivity index (χ3v) is 6.24. The first-order chi connectivity index (χ1) is 14.5. The van der Waals surface area contributed by atoms with Crippen LogP contribution in [0.25, 0.3) is 11.0 Å². The Balaban J connectivity index is 1.94. The molecule has 30 heavy (non-hydrogen) atoms. The molecule has 8 heteroatoms. The average molecular weight is 426 g/mol. The lowest BCUT2D eigenvalue weighted by Gasteiger charge is -2.11. The molecule has 1 aromatic carbocycles. The number of benzene rings is 1. The van der Waals surface area contributed by atoms with Crippen molar-refractivity contribution >= 4 is 39.2 Å². The van der Waals surface area contributed by atoms with Crippen LogP contribution in [0.4, 0.5) is 5.00 Å². The van der Waals surface area contributed by atoms with E-state index in [4.69, 9.17) is 19.6 Å². The van der Waals surface area contributed by atoms with Gasteiger partial charge in [0.2, 0.25) is 5.55 Å². The van der Waals surface area contributed by atoms with Gasteiger partial charge in [-0.2, -0.15) is 0 Å². The van der Waals surface area contributed by atoms with Crippen molar-refractivity contribution in [3.8, 4) is 5.75 Å². The highest BCUT2D eigenvalue weighted by atomic mass is 32.1. The largest absolute Gasteiger partial charge is 0.497 e. The summed E-state index contributed by atoms with van der Waals surface area (Å²) in [5.41, 5.74) is 7.79. The number of nitrogens with two attached hydrogens (primary N) is 1. The molecule has 0 saturated carbocycles. The molecule has 1 amide bonds. The number of ether oxygens (including phenoxy) is 2. The number of hydrogen-bond acceptors (Lipinski definition) is 7. The van der Waals surface area contributed by atoms with Gasteiger partial charge < -0.3 is 19.6 Å². The van der Waals surface area contributed by atoms with Gasteiger partial charge in [-0.1, -0.05) is 0 Å². The monoisotopic (exact) mass is 426 g/mol. The zero-order valence-corrected chi connectivity index (χ0v) is 17.6. The summed E-state index contributed by atoms with van der Waals surface area (Å²) in [5, 5.41) is 1.15. The van der Waals surface area contributed by atoms with Crippen molar-refractivity contribution in [2.45, 2.75) is 32.6 Å². The Morgan fingerprint density at radius 2 is 2.03 bits per heavy atom. The average Bonchev–Trinajstić information content (AvgIpc) is 3.10. The summed E-state index contributed by atoms with van der Waals surface area (Å²) in [5.74, 6) is -0.434. The van der Waals surface area contributed by atoms with E-state index in [2.05, 4.69) is 4.99 Å². The molecule has 0 fully saturated rings. The Morgan fingerprint density at radius 1 is 1.23 bits per heavy atom. The van der Waals surface area contributed by atoms with Crippen LogP contribution in [0, 0.1) is 0 Å². The predicted octanol–water partition coefficient (Wildman–Crippen LogP) is 3.89. The van der Waals surface area contributed by atoms with Crippen LogP contribution < -0.4 is 16.0 Å². The van der Waals surface area contributed by atoms with Crippen LogP contribution in [0.5, 0.6) is 5.75 Å². The van der Waals surface area contributed by atoms with Crippen molar-refractivity contribution in [1.29, 1.82) is 0 Å². The minimum absolute atomic E-state index is 0.0734. The maximum atomic E-state index is 12.7. The molecule has 0 atom stereocenters. The number of nitrogens with zero attached hydrogens (tertiary/aromatic N) is 1. The SMILES string of the molecule is CCOC(=O)c1c(/N=c2\oc3ccc(OC)cc3cc2C(N)=O)sc2c1CCCC2. The lowest BCUT2D eigenvalue weighted by molar-refractivity contribution is 0.0526. The molecule has 0 spiro atoms. The number of rotatable bonds is 5. The lowest BCUT2D eigenvalue weighted by Crippen LogP contribution is -2.21. The van der Waals surface area contributed by atoms with Gasteiger partial charge in [0.1, 0.15) is 21.9 Å². The summed E-state index contributed by atoms with van der Waals surface area (Å²) in [6, 6.07) is 6.88. The molecule has 0 saturated heterocycles. The maximum absolute atomic E-state index is 12.7. The Labute approximate surface area is 177 Å². The first-order valence-corrected chi connectivity index (χ1v) is 10.6. The van der Waals surface area contributed by atoms with Gasteiger partial charge in [-0.3, -0.25) is 4.79 Å². The molecule has 156 valence electrons. The van der Waals surface area contributed by atoms with Gasteiger partial charge in [-0.15, -0.1) is 11.3 Å². The lowest BCUT2D eigenvalue weighted by atomic mass is 9.95. The van der Waals surface area contributed by atoms with Gasteiger partial charge in [0.25, 0.3) is 5.91 Å². The fourth-order valence-corrected chi connectivity index (χ4v) is 4.88. The number of aryl methyl sites for hydroxylation is 1. The zero-order chi connectivity index (χ0) is 21.3. The van der Waals surface area contributed by atoms with Crippen LogP contribution in [-0.2, 0) is 17.6 Å². The number of amides is 1. The van der Waals surface area contributed by atoms with E-state index in [-0.39, 0.29) is 17.7 Å². The molecule has 7 nitrogen and oxygen atoms in total. The van der Waals surface area contributed by atoms with E-state index in [9.17, 15) is 9.59 Å². The summed E-state index contributed by atoms with van der Waals surface area (Å²) in [6.07, 6.45) is 3.81. The standard InChI is InChI=1S/C22H22N2O5S/c1-3-28-22(26)18-14-6-4-5-7-17(14)30-21(18)24-20-15(19(23)25)11-12-10-13(27-2)8-9-16(12)29-20/h8-11H,3-7H2,1-2H3,(H2,23,25)/b24-20-. The van der Waals surface area contributed by atoms with E-state index >= 15 is 0 Å². The zero-order valence-electron chi connectivity index (χ0n) is 16.8. The van der Waals surface area contributed by atoms with E-state index in [1.54, 1.807) is 38.3 Å². The number of esters is 1. The number of hydrogen-bond donors (Lipinski definition) is 1. The Kier molecular flexibility index (Phi) is 5.59. The number of methoxy groups -OCH3 is 1. The molecular formula is C22H22N2O5S. The molecular weight excluding hydrogens is 404 g/mol. The van der Waals surface area contributed by atoms with E-state index in [0.717, 1.165) is 36.1 Å². The number of primary amides is 1. The minimum Gasteiger partial charge on any atom is -0.497 e. The topological polar surface area (TPSA) is 104 Å². The van der Waals surface area contributed by atoms with Crippen molar-refractivity contribution in [3.05, 3.63) is 51.4 Å². The first-order valence-electron chi connectivity index (χ1n) is 9.80. The van der Waals surface area contributed by atoms with Crippen molar-refractivity contribution in [2.75, 3.05) is 13.7 Å². The van der Waals surface area contributed by atoms with E-state index < -0.39 is 11.9 Å². The van der Waals surface area contributed by atoms with Crippen LogP contribution in [0.15, 0.2) is 33.7 Å². The number of fused-ring (bicyclic) bond motifs is 2. The maximum Gasteiger partial charge on any atom is 0.341 e. The highest BCUT2D eigenvalue weighted by Gasteiger charge is 2.26. The molecule has 0 unspecified atom stereocenters. The van der Waals surface area contributed by atoms with Gasteiger partial charge in [0.15, 0.2) is 0 Å². The molecule has 0 aliphatic heterocycles. The summed E-state index contributed by atoms with van der Waals surface area (Å²) in [4.78, 5) is 30.5. The number of thiophene rings is 1. The smallest absolute Gasteiger partial charge is 0.341 e. The molecule has 0 bridgehead atoms. The molecule has 1 aliphatic carbocycles. The van der Waals surface area contributed by atoms with Crippen LogP contribution in [0.1, 0.15) is 50.9 Å². The number of carbonyl (C=O) groups is 2. The van der Waals surface area contributed by atoms with Gasteiger partial charge in [0, 0.05) is 10.3 Å². The second-order valence-electron chi connectivity index (χ2n) is 6.96. The summed E-state index contributed by atoms with van der Waals surface area (Å²) < 4.78 is 16.4. The van der Waals surface area contributed by atoms with E-state index in [1.807, 2.05) is 0 Å². The Morgan fingerprint density at radius 3 is 2.77 bits per heavy atom. The van der Waals surface area contributed by atoms with Crippen LogP contribution >= 0.6 is 11.3 Å². The van der Waals surface area contributed by atoms with Crippen molar-refractivity contribution in [1.82, 2.24) is 0 Å². The quantitative estimate of drug-likeness (QED) is 0.623. The molecule has 2 aromatic heterocycles. The van der Waals surface area contributed by atoms with Gasteiger partial charge in [-0.25, -0.2) is 9.79 Å². The minimum atomic E-state index is -0.666. The summed E-state index contributed by atoms with van der Waals surface area (Å²) >= 11 is 1.44. The Bertz CT molecular complexity index is 1210. The molecule has 1 aliphatic rings. The Hall–Kier alpha value is -3.13. The van der Waals surface area contributed by atoms with Crippen molar-refractivity contribution in [2.24, 2.45) is 10.7 Å².